The Morgan fingerprint density at radius 2 is 2.11 bits per heavy atom. The van der Waals surface area contributed by atoms with Crippen molar-refractivity contribution < 1.29 is 4.74 Å². The predicted molar refractivity (Wildman–Crippen MR) is 70.5 cm³/mol. The molecule has 0 saturated carbocycles. The van der Waals surface area contributed by atoms with Gasteiger partial charge in [-0.2, -0.15) is 5.26 Å². The molecule has 4 heteroatoms. The van der Waals surface area contributed by atoms with Crippen molar-refractivity contribution in [3.63, 3.8) is 0 Å². The van der Waals surface area contributed by atoms with E-state index in [9.17, 15) is 5.26 Å². The maximum Gasteiger partial charge on any atom is 0.123 e. The van der Waals surface area contributed by atoms with Crippen LogP contribution in [0.15, 0.2) is 18.2 Å². The van der Waals surface area contributed by atoms with Crippen LogP contribution >= 0.6 is 0 Å². The molecule has 96 valence electrons. The zero-order valence-electron chi connectivity index (χ0n) is 10.9. The van der Waals surface area contributed by atoms with Crippen molar-refractivity contribution in [3.05, 3.63) is 29.3 Å². The smallest absolute Gasteiger partial charge is 0.123 e. The number of rotatable bonds is 3. The third kappa shape index (κ3) is 2.63. The molecule has 0 amide bonds. The van der Waals surface area contributed by atoms with Gasteiger partial charge in [-0.25, -0.2) is 0 Å². The molecular formula is C14H19N3O. The molecule has 1 aliphatic rings. The summed E-state index contributed by atoms with van der Waals surface area (Å²) >= 11 is 0. The highest BCUT2D eigenvalue weighted by atomic mass is 16.5. The fourth-order valence-electron chi connectivity index (χ4n) is 2.38. The van der Waals surface area contributed by atoms with Crippen LogP contribution in [-0.4, -0.2) is 38.2 Å². The number of benzene rings is 1. The van der Waals surface area contributed by atoms with Crippen LogP contribution in [0.3, 0.4) is 0 Å². The summed E-state index contributed by atoms with van der Waals surface area (Å²) in [6.07, 6.45) is 0. The lowest BCUT2D eigenvalue weighted by molar-refractivity contribution is 0.207. The van der Waals surface area contributed by atoms with E-state index in [0.29, 0.717) is 0 Å². The Labute approximate surface area is 108 Å². The van der Waals surface area contributed by atoms with Crippen LogP contribution in [0.2, 0.25) is 0 Å². The first-order chi connectivity index (χ1) is 8.76. The molecule has 4 nitrogen and oxygen atoms in total. The number of ether oxygens (including phenoxy) is 1. The van der Waals surface area contributed by atoms with Crippen molar-refractivity contribution in [2.75, 3.05) is 33.3 Å². The van der Waals surface area contributed by atoms with Gasteiger partial charge in [0.2, 0.25) is 0 Å². The lowest BCUT2D eigenvalue weighted by atomic mass is 10.0. The van der Waals surface area contributed by atoms with E-state index < -0.39 is 0 Å². The molecular weight excluding hydrogens is 226 g/mol. The summed E-state index contributed by atoms with van der Waals surface area (Å²) in [5, 5.41) is 12.7. The molecule has 0 bridgehead atoms. The molecule has 1 unspecified atom stereocenters. The third-order valence-electron chi connectivity index (χ3n) is 3.37. The van der Waals surface area contributed by atoms with Crippen LogP contribution in [0, 0.1) is 18.3 Å². The van der Waals surface area contributed by atoms with E-state index in [0.717, 1.165) is 43.1 Å². The van der Waals surface area contributed by atoms with Gasteiger partial charge >= 0.3 is 0 Å². The SMILES string of the molecule is COc1ccc(C(C#N)N2CCNCC2)cc1C. The van der Waals surface area contributed by atoms with Gasteiger partial charge in [0.1, 0.15) is 11.8 Å². The standard InChI is InChI=1S/C14H19N3O/c1-11-9-12(3-4-14(11)18-2)13(10-15)17-7-5-16-6-8-17/h3-4,9,13,16H,5-8H2,1-2H3. The van der Waals surface area contributed by atoms with Gasteiger partial charge in [-0.05, 0) is 30.2 Å². The van der Waals surface area contributed by atoms with Crippen molar-refractivity contribution >= 4 is 0 Å². The Bertz CT molecular complexity index is 447. The van der Waals surface area contributed by atoms with Crippen LogP contribution in [0.5, 0.6) is 5.75 Å². The summed E-state index contributed by atoms with van der Waals surface area (Å²) in [6.45, 7) is 5.75. The Kier molecular flexibility index (Phi) is 4.19. The normalized spacial score (nSPS) is 18.1. The largest absolute Gasteiger partial charge is 0.496 e. The van der Waals surface area contributed by atoms with Gasteiger partial charge in [0.25, 0.3) is 0 Å². The molecule has 18 heavy (non-hydrogen) atoms. The molecule has 0 aliphatic carbocycles. The lowest BCUT2D eigenvalue weighted by Gasteiger charge is -2.31. The highest BCUT2D eigenvalue weighted by molar-refractivity contribution is 5.38. The maximum absolute atomic E-state index is 9.41. The molecule has 1 aromatic carbocycles. The monoisotopic (exact) mass is 245 g/mol. The van der Waals surface area contributed by atoms with Gasteiger partial charge < -0.3 is 10.1 Å². The van der Waals surface area contributed by atoms with Crippen LogP contribution in [0.25, 0.3) is 0 Å². The fourth-order valence-corrected chi connectivity index (χ4v) is 2.38. The minimum Gasteiger partial charge on any atom is -0.496 e. The fraction of sp³-hybridized carbons (Fsp3) is 0.500. The molecule has 0 spiro atoms. The highest BCUT2D eigenvalue weighted by Crippen LogP contribution is 2.25. The van der Waals surface area contributed by atoms with Crippen LogP contribution in [0.4, 0.5) is 0 Å². The van der Waals surface area contributed by atoms with E-state index in [4.69, 9.17) is 4.74 Å². The number of hydrogen-bond donors (Lipinski definition) is 1. The van der Waals surface area contributed by atoms with E-state index in [2.05, 4.69) is 22.4 Å². The Morgan fingerprint density at radius 1 is 1.39 bits per heavy atom. The number of nitrogens with one attached hydrogen (secondary N) is 1. The Morgan fingerprint density at radius 3 is 2.67 bits per heavy atom. The Hall–Kier alpha value is -1.57. The zero-order valence-corrected chi connectivity index (χ0v) is 10.9. The first-order valence-corrected chi connectivity index (χ1v) is 6.25. The number of nitrogens with zero attached hydrogens (tertiary/aromatic N) is 2. The first kappa shape index (κ1) is 12.9. The summed E-state index contributed by atoms with van der Waals surface area (Å²) in [4.78, 5) is 2.22. The Balaban J connectivity index is 2.22. The van der Waals surface area contributed by atoms with Crippen molar-refractivity contribution in [1.82, 2.24) is 10.2 Å². The maximum atomic E-state index is 9.41. The average Bonchev–Trinajstić information content (AvgIpc) is 2.41. The van der Waals surface area contributed by atoms with E-state index in [-0.39, 0.29) is 6.04 Å². The number of nitriles is 1. The second-order valence-corrected chi connectivity index (χ2v) is 4.55. The van der Waals surface area contributed by atoms with Gasteiger partial charge in [0.05, 0.1) is 13.2 Å². The quantitative estimate of drug-likeness (QED) is 0.876. The van der Waals surface area contributed by atoms with E-state index in [1.807, 2.05) is 19.1 Å². The van der Waals surface area contributed by atoms with Gasteiger partial charge in [-0.15, -0.1) is 0 Å². The molecule has 0 radical (unpaired) electrons. The van der Waals surface area contributed by atoms with Crippen LogP contribution in [-0.2, 0) is 0 Å². The first-order valence-electron chi connectivity index (χ1n) is 6.25. The molecule has 1 N–H and O–H groups in total. The third-order valence-corrected chi connectivity index (χ3v) is 3.37. The number of methoxy groups -OCH3 is 1. The number of hydrogen-bond acceptors (Lipinski definition) is 4. The minimum absolute atomic E-state index is 0.156. The van der Waals surface area contributed by atoms with Crippen molar-refractivity contribution in [2.24, 2.45) is 0 Å². The van der Waals surface area contributed by atoms with Crippen LogP contribution < -0.4 is 10.1 Å². The summed E-state index contributed by atoms with van der Waals surface area (Å²) in [7, 11) is 1.67. The van der Waals surface area contributed by atoms with Crippen molar-refractivity contribution in [3.8, 4) is 11.8 Å². The highest BCUT2D eigenvalue weighted by Gasteiger charge is 2.22. The molecule has 0 aromatic heterocycles. The number of piperazine rings is 1. The molecule has 1 atom stereocenters. The predicted octanol–water partition coefficient (Wildman–Crippen LogP) is 1.47. The van der Waals surface area contributed by atoms with Crippen LogP contribution in [0.1, 0.15) is 17.2 Å². The summed E-state index contributed by atoms with van der Waals surface area (Å²) in [5.41, 5.74) is 2.13. The molecule has 1 heterocycles. The molecule has 1 aromatic rings. The summed E-state index contributed by atoms with van der Waals surface area (Å²) in [6, 6.07) is 8.23. The van der Waals surface area contributed by atoms with Gasteiger partial charge in [-0.1, -0.05) is 6.07 Å². The second-order valence-electron chi connectivity index (χ2n) is 4.55. The molecule has 1 saturated heterocycles. The second kappa shape index (κ2) is 5.85. The minimum atomic E-state index is -0.156. The van der Waals surface area contributed by atoms with E-state index >= 15 is 0 Å². The van der Waals surface area contributed by atoms with Crippen molar-refractivity contribution in [1.29, 1.82) is 5.26 Å². The average molecular weight is 245 g/mol. The van der Waals surface area contributed by atoms with E-state index in [1.165, 1.54) is 0 Å². The van der Waals surface area contributed by atoms with Crippen molar-refractivity contribution in [2.45, 2.75) is 13.0 Å². The topological polar surface area (TPSA) is 48.3 Å². The molecule has 2 rings (SSSR count). The van der Waals surface area contributed by atoms with Gasteiger partial charge in [0, 0.05) is 26.2 Å². The van der Waals surface area contributed by atoms with Gasteiger partial charge in [-0.3, -0.25) is 4.90 Å². The lowest BCUT2D eigenvalue weighted by Crippen LogP contribution is -2.44. The van der Waals surface area contributed by atoms with Gasteiger partial charge in [0.15, 0.2) is 0 Å². The number of aryl methyl sites for hydroxylation is 1. The van der Waals surface area contributed by atoms with E-state index in [1.54, 1.807) is 7.11 Å². The zero-order chi connectivity index (χ0) is 13.0. The summed E-state index contributed by atoms with van der Waals surface area (Å²) < 4.78 is 5.25. The molecule has 1 fully saturated rings. The molecule has 1 aliphatic heterocycles. The summed E-state index contributed by atoms with van der Waals surface area (Å²) in [5.74, 6) is 0.871.